The Kier molecular flexibility index (Phi) is 8.08. The fourth-order valence-corrected chi connectivity index (χ4v) is 4.06. The number of imidazole rings is 1. The molecule has 2 heterocycles. The molecule has 0 amide bonds. The molecule has 0 unspecified atom stereocenters. The number of ether oxygens (including phenoxy) is 5. The maximum Gasteiger partial charge on any atom is 0.508 e. The summed E-state index contributed by atoms with van der Waals surface area (Å²) in [5.41, 5.74) is 5.46. The van der Waals surface area contributed by atoms with E-state index < -0.39 is 56.3 Å². The summed E-state index contributed by atoms with van der Waals surface area (Å²) in [6, 6.07) is 0. The Balaban J connectivity index is 1.88. The molecule has 16 heteroatoms. The highest BCUT2D eigenvalue weighted by atomic mass is 31.2. The predicted octanol–water partition coefficient (Wildman–Crippen LogP) is 1.95. The van der Waals surface area contributed by atoms with Crippen molar-refractivity contribution in [3.8, 4) is 0 Å². The lowest BCUT2D eigenvalue weighted by Gasteiger charge is -2.36. The number of hydrogen-bond acceptors (Lipinski definition) is 12. The van der Waals surface area contributed by atoms with Crippen molar-refractivity contribution in [2.45, 2.75) is 70.2 Å². The van der Waals surface area contributed by atoms with E-state index >= 15 is 0 Å². The number of carbonyl (C=O) groups is 2. The fraction of sp³-hybridized carbons (Fsp3) is 0.650. The minimum absolute atomic E-state index is 0.0780. The molecule has 2 aromatic heterocycles. The standard InChI is InChI=1S/C20H30N5O10P/c1-12(2)33-17(26)31-8-20(36(28,29)30,9-32-18(27)34-13(3)4)35-19(5-6-19)7-25-11-24-14-15(21)22-10-23-16(14)25/h10-13H,5-9H2,1-4H3,(H2,21,22,23)(H2,28,29,30). The van der Waals surface area contributed by atoms with Crippen LogP contribution in [0.25, 0.3) is 11.2 Å². The Morgan fingerprint density at radius 2 is 1.64 bits per heavy atom. The third kappa shape index (κ3) is 6.60. The summed E-state index contributed by atoms with van der Waals surface area (Å²) < 4.78 is 40.1. The zero-order valence-electron chi connectivity index (χ0n) is 20.3. The monoisotopic (exact) mass is 531 g/mol. The molecule has 15 nitrogen and oxygen atoms in total. The van der Waals surface area contributed by atoms with Crippen LogP contribution in [0.15, 0.2) is 12.7 Å². The normalized spacial score (nSPS) is 15.2. The van der Waals surface area contributed by atoms with E-state index in [-0.39, 0.29) is 12.4 Å². The zero-order chi connectivity index (χ0) is 26.7. The number of rotatable bonds is 11. The van der Waals surface area contributed by atoms with E-state index in [0.717, 1.165) is 0 Å². The highest BCUT2D eigenvalue weighted by molar-refractivity contribution is 7.53. The van der Waals surface area contributed by atoms with E-state index in [2.05, 4.69) is 15.0 Å². The summed E-state index contributed by atoms with van der Waals surface area (Å²) in [6.45, 7) is 4.45. The fourth-order valence-electron chi connectivity index (χ4n) is 3.28. The number of carbonyl (C=O) groups excluding carboxylic acids is 2. The van der Waals surface area contributed by atoms with Gasteiger partial charge in [-0.15, -0.1) is 0 Å². The molecule has 2 aromatic rings. The molecule has 1 aliphatic carbocycles. The maximum atomic E-state index is 12.7. The summed E-state index contributed by atoms with van der Waals surface area (Å²) in [7, 11) is -5.25. The van der Waals surface area contributed by atoms with E-state index in [1.807, 2.05) is 0 Å². The number of nitrogens with two attached hydrogens (primary N) is 1. The van der Waals surface area contributed by atoms with Crippen molar-refractivity contribution in [2.24, 2.45) is 0 Å². The van der Waals surface area contributed by atoms with Gasteiger partial charge in [0.2, 0.25) is 5.34 Å². The van der Waals surface area contributed by atoms with Crippen LogP contribution in [-0.2, 0) is 34.8 Å². The molecule has 0 aromatic carbocycles. The third-order valence-corrected chi connectivity index (χ3v) is 6.54. The summed E-state index contributed by atoms with van der Waals surface area (Å²) in [5.74, 6) is 0.170. The highest BCUT2D eigenvalue weighted by Gasteiger charge is 2.60. The van der Waals surface area contributed by atoms with Gasteiger partial charge in [-0.25, -0.2) is 24.5 Å². The SMILES string of the molecule is CC(C)OC(=O)OCC(COC(=O)OC(C)C)(OC1(Cn2cnc3c(N)ncnc32)CC1)P(=O)(O)O. The quantitative estimate of drug-likeness (QED) is 0.280. The Morgan fingerprint density at radius 1 is 1.08 bits per heavy atom. The average Bonchev–Trinajstić information content (AvgIpc) is 3.38. The van der Waals surface area contributed by atoms with E-state index in [1.165, 1.54) is 12.7 Å². The molecule has 0 aliphatic heterocycles. The van der Waals surface area contributed by atoms with Crippen LogP contribution in [0, 0.1) is 0 Å². The highest BCUT2D eigenvalue weighted by Crippen LogP contribution is 2.57. The molecular weight excluding hydrogens is 501 g/mol. The van der Waals surface area contributed by atoms with Crippen LogP contribution in [0.5, 0.6) is 0 Å². The molecule has 0 bridgehead atoms. The topological polar surface area (TPSA) is 207 Å². The molecule has 1 aliphatic rings. The molecule has 36 heavy (non-hydrogen) atoms. The lowest BCUT2D eigenvalue weighted by molar-refractivity contribution is -0.132. The summed E-state index contributed by atoms with van der Waals surface area (Å²) in [6.07, 6.45) is 0.0634. The van der Waals surface area contributed by atoms with Gasteiger partial charge in [0.1, 0.15) is 25.1 Å². The van der Waals surface area contributed by atoms with Crippen molar-refractivity contribution in [1.82, 2.24) is 19.5 Å². The van der Waals surface area contributed by atoms with E-state index in [1.54, 1.807) is 32.3 Å². The molecule has 0 atom stereocenters. The molecular formula is C20H30N5O10P. The molecule has 1 saturated carbocycles. The van der Waals surface area contributed by atoms with Crippen LogP contribution in [-0.4, -0.2) is 78.0 Å². The van der Waals surface area contributed by atoms with Gasteiger partial charge >= 0.3 is 19.9 Å². The number of nitrogens with zero attached hydrogens (tertiary/aromatic N) is 4. The van der Waals surface area contributed by atoms with Crippen LogP contribution in [0.3, 0.4) is 0 Å². The first kappa shape index (κ1) is 27.6. The van der Waals surface area contributed by atoms with Crippen molar-refractivity contribution in [1.29, 1.82) is 0 Å². The van der Waals surface area contributed by atoms with E-state index in [9.17, 15) is 23.9 Å². The number of aromatic nitrogens is 4. The zero-order valence-corrected chi connectivity index (χ0v) is 21.2. The summed E-state index contributed by atoms with van der Waals surface area (Å²) in [4.78, 5) is 56.8. The third-order valence-electron chi connectivity index (χ3n) is 5.13. The van der Waals surface area contributed by atoms with Crippen molar-refractivity contribution < 1.29 is 47.6 Å². The molecule has 0 spiro atoms. The van der Waals surface area contributed by atoms with Crippen LogP contribution >= 0.6 is 7.60 Å². The minimum Gasteiger partial charge on any atom is -0.432 e. The molecule has 0 radical (unpaired) electrons. The van der Waals surface area contributed by atoms with Gasteiger partial charge in [-0.2, -0.15) is 0 Å². The Morgan fingerprint density at radius 3 is 2.11 bits per heavy atom. The van der Waals surface area contributed by atoms with Crippen LogP contribution < -0.4 is 5.73 Å². The molecule has 3 rings (SSSR count). The van der Waals surface area contributed by atoms with Gasteiger partial charge in [-0.3, -0.25) is 4.57 Å². The molecule has 1 fully saturated rings. The van der Waals surface area contributed by atoms with Crippen molar-refractivity contribution in [3.05, 3.63) is 12.7 Å². The number of hydrogen-bond donors (Lipinski definition) is 3. The second-order valence-corrected chi connectivity index (χ2v) is 10.9. The summed E-state index contributed by atoms with van der Waals surface area (Å²) >= 11 is 0. The Hall–Kier alpha value is -3.00. The van der Waals surface area contributed by atoms with Crippen molar-refractivity contribution in [2.75, 3.05) is 18.9 Å². The van der Waals surface area contributed by atoms with Crippen molar-refractivity contribution >= 4 is 36.9 Å². The largest absolute Gasteiger partial charge is 0.508 e. The first-order chi connectivity index (χ1) is 16.8. The maximum absolute atomic E-state index is 12.7. The number of anilines is 1. The van der Waals surface area contributed by atoms with Crippen LogP contribution in [0.2, 0.25) is 0 Å². The minimum atomic E-state index is -5.25. The van der Waals surface area contributed by atoms with Crippen LogP contribution in [0.4, 0.5) is 15.4 Å². The smallest absolute Gasteiger partial charge is 0.432 e. The van der Waals surface area contributed by atoms with Gasteiger partial charge in [0.15, 0.2) is 11.5 Å². The van der Waals surface area contributed by atoms with E-state index in [0.29, 0.717) is 24.0 Å². The lowest BCUT2D eigenvalue weighted by atomic mass is 10.3. The molecule has 0 saturated heterocycles. The summed E-state index contributed by atoms with van der Waals surface area (Å²) in [5, 5.41) is -2.54. The first-order valence-electron chi connectivity index (χ1n) is 11.1. The Labute approximate surface area is 206 Å². The van der Waals surface area contributed by atoms with Gasteiger partial charge in [-0.05, 0) is 40.5 Å². The number of nitrogen functional groups attached to an aromatic ring is 1. The van der Waals surface area contributed by atoms with Crippen molar-refractivity contribution in [3.63, 3.8) is 0 Å². The first-order valence-corrected chi connectivity index (χ1v) is 12.7. The second-order valence-electron chi connectivity index (χ2n) is 8.99. The predicted molar refractivity (Wildman–Crippen MR) is 123 cm³/mol. The second kappa shape index (κ2) is 10.5. The Bertz CT molecular complexity index is 1120. The molecule has 4 N–H and O–H groups in total. The van der Waals surface area contributed by atoms with Gasteiger partial charge in [0.05, 0.1) is 30.7 Å². The lowest BCUT2D eigenvalue weighted by Crippen LogP contribution is -2.48. The number of fused-ring (bicyclic) bond motifs is 1. The molecule has 200 valence electrons. The van der Waals surface area contributed by atoms with Gasteiger partial charge in [0, 0.05) is 0 Å². The van der Waals surface area contributed by atoms with Gasteiger partial charge < -0.3 is 43.8 Å². The van der Waals surface area contributed by atoms with E-state index in [4.69, 9.17) is 29.4 Å². The van der Waals surface area contributed by atoms with Gasteiger partial charge in [0.25, 0.3) is 0 Å². The van der Waals surface area contributed by atoms with Crippen LogP contribution in [0.1, 0.15) is 40.5 Å². The average molecular weight is 531 g/mol. The van der Waals surface area contributed by atoms with Gasteiger partial charge in [-0.1, -0.05) is 0 Å².